The van der Waals surface area contributed by atoms with Gasteiger partial charge in [-0.15, -0.1) is 0 Å². The number of nitrogens with zero attached hydrogens (tertiary/aromatic N) is 2. The summed E-state index contributed by atoms with van der Waals surface area (Å²) in [7, 11) is 1.38. The zero-order valence-corrected chi connectivity index (χ0v) is 10.7. The van der Waals surface area contributed by atoms with E-state index in [1.54, 1.807) is 11.0 Å². The van der Waals surface area contributed by atoms with Crippen molar-refractivity contribution in [1.82, 2.24) is 4.90 Å². The van der Waals surface area contributed by atoms with Crippen LogP contribution in [0.5, 0.6) is 5.75 Å². The Labute approximate surface area is 111 Å². The summed E-state index contributed by atoms with van der Waals surface area (Å²) in [4.78, 5) is 13.8. The highest BCUT2D eigenvalue weighted by atomic mass is 19.1. The molecule has 1 aromatic carbocycles. The Morgan fingerprint density at radius 2 is 2.37 bits per heavy atom. The van der Waals surface area contributed by atoms with E-state index < -0.39 is 5.82 Å². The Kier molecular flexibility index (Phi) is 4.00. The van der Waals surface area contributed by atoms with E-state index in [1.807, 2.05) is 0 Å². The van der Waals surface area contributed by atoms with E-state index in [-0.39, 0.29) is 23.1 Å². The molecule has 1 unspecified atom stereocenters. The normalized spacial score (nSPS) is 18.8. The second-order valence-electron chi connectivity index (χ2n) is 4.57. The maximum Gasteiger partial charge on any atom is 0.254 e. The second-order valence-corrected chi connectivity index (χ2v) is 4.57. The summed E-state index contributed by atoms with van der Waals surface area (Å²) in [6, 6.07) is 6.34. The number of halogens is 1. The van der Waals surface area contributed by atoms with Crippen LogP contribution in [0.15, 0.2) is 18.2 Å². The molecule has 0 spiro atoms. The topological polar surface area (TPSA) is 53.3 Å². The largest absolute Gasteiger partial charge is 0.494 e. The number of benzene rings is 1. The van der Waals surface area contributed by atoms with Gasteiger partial charge in [-0.1, -0.05) is 0 Å². The van der Waals surface area contributed by atoms with E-state index in [9.17, 15) is 9.18 Å². The van der Waals surface area contributed by atoms with Gasteiger partial charge in [0.2, 0.25) is 0 Å². The highest BCUT2D eigenvalue weighted by molar-refractivity contribution is 5.94. The number of rotatable bonds is 2. The third-order valence-electron chi connectivity index (χ3n) is 3.29. The molecule has 0 aliphatic carbocycles. The molecule has 1 aromatic rings. The van der Waals surface area contributed by atoms with Gasteiger partial charge < -0.3 is 9.64 Å². The zero-order chi connectivity index (χ0) is 13.8. The molecule has 0 radical (unpaired) electrons. The van der Waals surface area contributed by atoms with E-state index in [0.29, 0.717) is 13.1 Å². The number of methoxy groups -OCH3 is 1. The van der Waals surface area contributed by atoms with Crippen LogP contribution in [0.1, 0.15) is 23.2 Å². The number of nitriles is 1. The van der Waals surface area contributed by atoms with Gasteiger partial charge in [-0.3, -0.25) is 4.79 Å². The second kappa shape index (κ2) is 5.70. The van der Waals surface area contributed by atoms with Crippen molar-refractivity contribution in [2.24, 2.45) is 5.92 Å². The van der Waals surface area contributed by atoms with Gasteiger partial charge in [0.25, 0.3) is 5.91 Å². The molecule has 1 aliphatic heterocycles. The van der Waals surface area contributed by atoms with Crippen molar-refractivity contribution >= 4 is 5.91 Å². The number of ether oxygens (including phenoxy) is 1. The van der Waals surface area contributed by atoms with Crippen molar-refractivity contribution in [3.05, 3.63) is 29.6 Å². The van der Waals surface area contributed by atoms with Gasteiger partial charge in [-0.05, 0) is 31.0 Å². The van der Waals surface area contributed by atoms with Crippen LogP contribution in [-0.2, 0) is 0 Å². The highest BCUT2D eigenvalue weighted by Gasteiger charge is 2.24. The molecule has 1 heterocycles. The fraction of sp³-hybridized carbons (Fsp3) is 0.429. The lowest BCUT2D eigenvalue weighted by molar-refractivity contribution is 0.0698. The zero-order valence-electron chi connectivity index (χ0n) is 10.7. The lowest BCUT2D eigenvalue weighted by Gasteiger charge is -2.29. The minimum atomic E-state index is -0.554. The number of likely N-dealkylation sites (tertiary alicyclic amines) is 1. The Bertz CT molecular complexity index is 525. The third-order valence-corrected chi connectivity index (χ3v) is 3.29. The maximum absolute atomic E-state index is 13.6. The van der Waals surface area contributed by atoms with Crippen LogP contribution in [0.2, 0.25) is 0 Å². The van der Waals surface area contributed by atoms with Gasteiger partial charge in [0.15, 0.2) is 11.6 Å². The van der Waals surface area contributed by atoms with Gasteiger partial charge in [-0.2, -0.15) is 5.26 Å². The van der Waals surface area contributed by atoms with Crippen LogP contribution in [0.4, 0.5) is 4.39 Å². The molecule has 1 saturated heterocycles. The Balaban J connectivity index is 2.15. The summed E-state index contributed by atoms with van der Waals surface area (Å²) in [5.41, 5.74) is 0.289. The summed E-state index contributed by atoms with van der Waals surface area (Å²) < 4.78 is 18.4. The summed E-state index contributed by atoms with van der Waals surface area (Å²) in [6.45, 7) is 1.04. The van der Waals surface area contributed by atoms with Gasteiger partial charge in [0.05, 0.1) is 19.1 Å². The van der Waals surface area contributed by atoms with Crippen molar-refractivity contribution in [3.63, 3.8) is 0 Å². The molecular weight excluding hydrogens is 247 g/mol. The molecule has 4 nitrogen and oxygen atoms in total. The Morgan fingerprint density at radius 3 is 3.00 bits per heavy atom. The van der Waals surface area contributed by atoms with Crippen molar-refractivity contribution in [3.8, 4) is 11.8 Å². The number of piperidine rings is 1. The number of carbonyl (C=O) groups is 1. The van der Waals surface area contributed by atoms with Crippen molar-refractivity contribution < 1.29 is 13.9 Å². The van der Waals surface area contributed by atoms with Crippen molar-refractivity contribution in [2.75, 3.05) is 20.2 Å². The summed E-state index contributed by atoms with van der Waals surface area (Å²) in [5.74, 6) is -0.797. The van der Waals surface area contributed by atoms with Crippen LogP contribution in [0.3, 0.4) is 0 Å². The average Bonchev–Trinajstić information content (AvgIpc) is 2.46. The molecule has 5 heteroatoms. The number of amides is 1. The molecule has 0 saturated carbocycles. The summed E-state index contributed by atoms with van der Waals surface area (Å²) >= 11 is 0. The fourth-order valence-corrected chi connectivity index (χ4v) is 2.25. The smallest absolute Gasteiger partial charge is 0.254 e. The molecule has 1 aliphatic rings. The molecular formula is C14H15FN2O2. The first-order valence-corrected chi connectivity index (χ1v) is 6.18. The molecule has 100 valence electrons. The van der Waals surface area contributed by atoms with Gasteiger partial charge in [0, 0.05) is 18.7 Å². The minimum Gasteiger partial charge on any atom is -0.494 e. The average molecular weight is 262 g/mol. The molecule has 1 atom stereocenters. The van der Waals surface area contributed by atoms with E-state index in [0.717, 1.165) is 12.8 Å². The molecule has 0 aromatic heterocycles. The molecule has 2 rings (SSSR count). The van der Waals surface area contributed by atoms with Crippen LogP contribution in [0, 0.1) is 23.1 Å². The first kappa shape index (κ1) is 13.3. The molecule has 1 fully saturated rings. The summed E-state index contributed by atoms with van der Waals surface area (Å²) in [5, 5.41) is 8.91. The van der Waals surface area contributed by atoms with Crippen molar-refractivity contribution in [1.29, 1.82) is 5.26 Å². The standard InChI is InChI=1S/C14H15FN2O2/c1-19-13-5-4-11(7-12(13)15)14(18)17-6-2-3-10(8-16)9-17/h4-5,7,10H,2-3,6,9H2,1H3. The first-order chi connectivity index (χ1) is 9.15. The van der Waals surface area contributed by atoms with E-state index in [4.69, 9.17) is 10.00 Å². The van der Waals surface area contributed by atoms with E-state index in [1.165, 1.54) is 19.2 Å². The SMILES string of the molecule is COc1ccc(C(=O)N2CCCC(C#N)C2)cc1F. The van der Waals surface area contributed by atoms with Crippen LogP contribution in [0.25, 0.3) is 0 Å². The van der Waals surface area contributed by atoms with Gasteiger partial charge in [0.1, 0.15) is 0 Å². The van der Waals surface area contributed by atoms with Crippen molar-refractivity contribution in [2.45, 2.75) is 12.8 Å². The summed E-state index contributed by atoms with van der Waals surface area (Å²) in [6.07, 6.45) is 1.62. The van der Waals surface area contributed by atoms with E-state index >= 15 is 0 Å². The monoisotopic (exact) mass is 262 g/mol. The lowest BCUT2D eigenvalue weighted by Crippen LogP contribution is -2.39. The van der Waals surface area contributed by atoms with E-state index in [2.05, 4.69) is 6.07 Å². The minimum absolute atomic E-state index is 0.116. The maximum atomic E-state index is 13.6. The molecule has 0 N–H and O–H groups in total. The molecule has 0 bridgehead atoms. The van der Waals surface area contributed by atoms with Gasteiger partial charge >= 0.3 is 0 Å². The van der Waals surface area contributed by atoms with Gasteiger partial charge in [-0.25, -0.2) is 4.39 Å². The van der Waals surface area contributed by atoms with Crippen LogP contribution < -0.4 is 4.74 Å². The fourth-order valence-electron chi connectivity index (χ4n) is 2.25. The predicted octanol–water partition coefficient (Wildman–Crippen LogP) is 2.21. The molecule has 1 amide bonds. The Morgan fingerprint density at radius 1 is 1.58 bits per heavy atom. The molecule has 19 heavy (non-hydrogen) atoms. The quantitative estimate of drug-likeness (QED) is 0.821. The van der Waals surface area contributed by atoms with Crippen LogP contribution in [-0.4, -0.2) is 31.0 Å². The Hall–Kier alpha value is -2.09. The van der Waals surface area contributed by atoms with Crippen LogP contribution >= 0.6 is 0 Å². The number of carbonyl (C=O) groups excluding carboxylic acids is 1. The number of hydrogen-bond donors (Lipinski definition) is 0. The number of hydrogen-bond acceptors (Lipinski definition) is 3. The third kappa shape index (κ3) is 2.84. The predicted molar refractivity (Wildman–Crippen MR) is 67.2 cm³/mol. The lowest BCUT2D eigenvalue weighted by atomic mass is 9.99. The highest BCUT2D eigenvalue weighted by Crippen LogP contribution is 2.21. The first-order valence-electron chi connectivity index (χ1n) is 6.18.